The molecule has 6 rings (SSSR count). The van der Waals surface area contributed by atoms with Gasteiger partial charge in [0.25, 0.3) is 0 Å². The molecule has 158 valence electrons. The summed E-state index contributed by atoms with van der Waals surface area (Å²) >= 11 is 4.33. The topological polar surface area (TPSA) is 7.76 Å². The molecule has 0 radical (unpaired) electrons. The number of rotatable bonds is 2. The van der Waals surface area contributed by atoms with Crippen LogP contribution in [0.15, 0.2) is 77.4 Å². The van der Waals surface area contributed by atoms with Crippen LogP contribution in [0.2, 0.25) is 0 Å². The molecule has 2 aliphatic carbocycles. The van der Waals surface area contributed by atoms with Crippen molar-refractivity contribution in [3.8, 4) is 0 Å². The van der Waals surface area contributed by atoms with Gasteiger partial charge >= 0.3 is 0 Å². The first-order valence-electron chi connectivity index (χ1n) is 11.3. The first kappa shape index (κ1) is 19.9. The van der Waals surface area contributed by atoms with Gasteiger partial charge in [-0.15, -0.1) is 23.5 Å². The Labute approximate surface area is 194 Å². The van der Waals surface area contributed by atoms with E-state index in [0.29, 0.717) is 5.25 Å². The van der Waals surface area contributed by atoms with Crippen molar-refractivity contribution in [1.82, 2.24) is 0 Å². The van der Waals surface area contributed by atoms with Gasteiger partial charge in [-0.05, 0) is 79.0 Å². The monoisotopic (exact) mass is 446 g/mol. The number of hydrogen-bond donors (Lipinski definition) is 0. The summed E-state index contributed by atoms with van der Waals surface area (Å²) < 4.78 is 4.49. The predicted molar refractivity (Wildman–Crippen MR) is 130 cm³/mol. The van der Waals surface area contributed by atoms with Crippen molar-refractivity contribution >= 4 is 28.4 Å². The maximum atomic E-state index is 2.55. The fourth-order valence-corrected chi connectivity index (χ4v) is 9.53. The summed E-state index contributed by atoms with van der Waals surface area (Å²) in [5.41, 5.74) is 9.58. The quantitative estimate of drug-likeness (QED) is 0.554. The highest BCUT2D eigenvalue weighted by Gasteiger charge is 2.61. The molecule has 31 heavy (non-hydrogen) atoms. The lowest BCUT2D eigenvalue weighted by Gasteiger charge is -2.47. The molecule has 0 bridgehead atoms. The van der Waals surface area contributed by atoms with Crippen molar-refractivity contribution in [2.75, 3.05) is 0 Å². The zero-order valence-corrected chi connectivity index (χ0v) is 20.4. The van der Waals surface area contributed by atoms with Gasteiger partial charge < -0.3 is 0 Å². The second-order valence-corrected chi connectivity index (χ2v) is 12.8. The molecule has 4 heterocycles. The molecule has 3 atom stereocenters. The van der Waals surface area contributed by atoms with Crippen molar-refractivity contribution in [3.63, 3.8) is 0 Å². The van der Waals surface area contributed by atoms with Crippen molar-refractivity contribution < 1.29 is 9.13 Å². The Morgan fingerprint density at radius 2 is 1.52 bits per heavy atom. The Morgan fingerprint density at radius 1 is 0.871 bits per heavy atom. The van der Waals surface area contributed by atoms with E-state index in [0.717, 1.165) is 0 Å². The lowest BCUT2D eigenvalue weighted by Crippen LogP contribution is -2.47. The van der Waals surface area contributed by atoms with Crippen LogP contribution in [0.1, 0.15) is 55.9 Å². The van der Waals surface area contributed by atoms with Gasteiger partial charge in [-0.1, -0.05) is 0 Å². The molecule has 2 nitrogen and oxygen atoms in total. The largest absolute Gasteiger partial charge is 0.208 e. The Kier molecular flexibility index (Phi) is 4.40. The maximum Gasteiger partial charge on any atom is 0.169 e. The summed E-state index contributed by atoms with van der Waals surface area (Å²) in [7, 11) is 4.19. The van der Waals surface area contributed by atoms with Gasteiger partial charge in [0.2, 0.25) is 0 Å². The van der Waals surface area contributed by atoms with Gasteiger partial charge in [0.15, 0.2) is 24.8 Å². The van der Waals surface area contributed by atoms with Crippen LogP contribution in [-0.2, 0) is 14.1 Å². The fraction of sp³-hybridized carbons (Fsp3) is 0.407. The second-order valence-electron chi connectivity index (χ2n) is 9.74. The molecule has 4 heteroatoms. The van der Waals surface area contributed by atoms with Gasteiger partial charge in [-0.3, -0.25) is 0 Å². The Hall–Kier alpha value is -1.78. The van der Waals surface area contributed by atoms with Crippen LogP contribution < -0.4 is 9.13 Å². The van der Waals surface area contributed by atoms with Crippen LogP contribution in [0, 0.1) is 0 Å². The molecule has 0 N–H and O–H groups in total. The van der Waals surface area contributed by atoms with Crippen LogP contribution in [-0.4, -0.2) is 9.49 Å². The molecule has 0 amide bonds. The van der Waals surface area contributed by atoms with Crippen molar-refractivity contribution in [1.29, 1.82) is 0 Å². The van der Waals surface area contributed by atoms with E-state index in [1.165, 1.54) is 41.7 Å². The third-order valence-electron chi connectivity index (χ3n) is 7.90. The number of nitrogens with zero attached hydrogens (tertiary/aromatic N) is 2. The van der Waals surface area contributed by atoms with E-state index in [4.69, 9.17) is 0 Å². The highest BCUT2D eigenvalue weighted by molar-refractivity contribution is 8.11. The second kappa shape index (κ2) is 6.86. The Bertz CT molecular complexity index is 1170. The minimum atomic E-state index is 0.0950. The number of thioether (sulfide) groups is 2. The molecule has 0 spiro atoms. The van der Waals surface area contributed by atoms with Crippen LogP contribution in [0.5, 0.6) is 0 Å². The van der Waals surface area contributed by atoms with Gasteiger partial charge in [-0.2, -0.15) is 0 Å². The molecule has 2 aromatic rings. The highest BCUT2D eigenvalue weighted by atomic mass is 32.2. The van der Waals surface area contributed by atoms with Crippen molar-refractivity contribution in [2.24, 2.45) is 14.1 Å². The molecule has 1 saturated heterocycles. The minimum Gasteiger partial charge on any atom is -0.208 e. The Balaban J connectivity index is 1.45. The number of aryl methyl sites for hydroxylation is 2. The fourth-order valence-electron chi connectivity index (χ4n) is 5.99. The van der Waals surface area contributed by atoms with Crippen LogP contribution in [0.25, 0.3) is 4.91 Å². The summed E-state index contributed by atoms with van der Waals surface area (Å²) in [5.74, 6) is 0. The minimum absolute atomic E-state index is 0.0950. The molecular formula is C27H30N2S2+2. The van der Waals surface area contributed by atoms with Crippen molar-refractivity contribution in [3.05, 3.63) is 88.5 Å². The van der Waals surface area contributed by atoms with E-state index < -0.39 is 0 Å². The summed E-state index contributed by atoms with van der Waals surface area (Å²) in [6.07, 6.45) is 16.3. The third kappa shape index (κ3) is 2.80. The van der Waals surface area contributed by atoms with Crippen LogP contribution >= 0.6 is 23.5 Å². The average Bonchev–Trinajstić information content (AvgIpc) is 3.45. The van der Waals surface area contributed by atoms with Crippen LogP contribution in [0.4, 0.5) is 0 Å². The molecule has 1 saturated carbocycles. The van der Waals surface area contributed by atoms with Crippen molar-refractivity contribution in [2.45, 2.75) is 54.3 Å². The summed E-state index contributed by atoms with van der Waals surface area (Å²) in [4.78, 5) is 1.44. The number of pyridine rings is 2. The van der Waals surface area contributed by atoms with E-state index >= 15 is 0 Å². The molecule has 4 aliphatic rings. The standard InChI is InChI=1S/C27H30N2S2/c1-26-22(16-24(30-26)18-8-12-28(3)13-9-18)20-6-5-7-21(20)23-17-25(31-27(23,26)2)19-10-14-29(4)15-11-19/h8-16,25H,5-7,17H2,1-4H3/q+2. The normalized spacial score (nSPS) is 31.6. The summed E-state index contributed by atoms with van der Waals surface area (Å²) in [6, 6.07) is 9.19. The average molecular weight is 447 g/mol. The van der Waals surface area contributed by atoms with E-state index in [9.17, 15) is 0 Å². The van der Waals surface area contributed by atoms with Gasteiger partial charge in [0.05, 0.1) is 9.49 Å². The Morgan fingerprint density at radius 3 is 2.23 bits per heavy atom. The SMILES string of the molecule is C[n+]1ccc(C2=CC3=C4CCCC4=C4CC(c5cc[n+](C)cc5)SC4(C)C3(C)S2)cc1. The lowest BCUT2D eigenvalue weighted by atomic mass is 9.71. The first-order valence-corrected chi connectivity index (χ1v) is 13.0. The van der Waals surface area contributed by atoms with E-state index in [2.05, 4.69) is 116 Å². The van der Waals surface area contributed by atoms with Gasteiger partial charge in [-0.25, -0.2) is 9.13 Å². The molecular weight excluding hydrogens is 416 g/mol. The number of allylic oxidation sites excluding steroid dienone is 3. The zero-order valence-electron chi connectivity index (χ0n) is 18.8. The molecule has 2 aliphatic heterocycles. The van der Waals surface area contributed by atoms with Gasteiger partial charge in [0.1, 0.15) is 14.1 Å². The molecule has 0 aromatic carbocycles. The van der Waals surface area contributed by atoms with E-state index in [-0.39, 0.29) is 9.49 Å². The summed E-state index contributed by atoms with van der Waals surface area (Å²) in [5, 5.41) is 0.548. The van der Waals surface area contributed by atoms with E-state index in [1.807, 2.05) is 0 Å². The smallest absolute Gasteiger partial charge is 0.169 e. The van der Waals surface area contributed by atoms with E-state index in [1.54, 1.807) is 22.3 Å². The third-order valence-corrected chi connectivity index (χ3v) is 11.5. The lowest BCUT2D eigenvalue weighted by molar-refractivity contribution is -0.671. The molecule has 3 unspecified atom stereocenters. The number of hydrogen-bond acceptors (Lipinski definition) is 2. The molecule has 2 fully saturated rings. The molecule has 2 aromatic heterocycles. The van der Waals surface area contributed by atoms with Gasteiger partial charge in [0, 0.05) is 34.4 Å². The summed E-state index contributed by atoms with van der Waals surface area (Å²) in [6.45, 7) is 5.08. The highest BCUT2D eigenvalue weighted by Crippen LogP contribution is 2.72. The first-order chi connectivity index (χ1) is 14.9. The van der Waals surface area contributed by atoms with Crippen LogP contribution in [0.3, 0.4) is 0 Å². The number of aromatic nitrogens is 2. The zero-order chi connectivity index (χ0) is 21.4. The maximum absolute atomic E-state index is 2.55. The number of fused-ring (bicyclic) bond motifs is 4. The predicted octanol–water partition coefficient (Wildman–Crippen LogP) is 5.61.